The summed E-state index contributed by atoms with van der Waals surface area (Å²) < 4.78 is 7.71. The maximum absolute atomic E-state index is 11.7. The van der Waals surface area contributed by atoms with E-state index in [1.165, 1.54) is 0 Å². The zero-order chi connectivity index (χ0) is 21.1. The lowest BCUT2D eigenvalue weighted by Crippen LogP contribution is -2.37. The Labute approximate surface area is 175 Å². The van der Waals surface area contributed by atoms with Gasteiger partial charge in [-0.3, -0.25) is 9.69 Å². The van der Waals surface area contributed by atoms with Gasteiger partial charge in [0.25, 0.3) is 0 Å². The molecule has 0 amide bonds. The maximum Gasteiger partial charge on any atom is 0.321 e. The predicted octanol–water partition coefficient (Wildman–Crippen LogP) is 4.10. The first-order valence-corrected chi connectivity index (χ1v) is 10.00. The van der Waals surface area contributed by atoms with Gasteiger partial charge in [-0.05, 0) is 25.7 Å². The van der Waals surface area contributed by atoms with Gasteiger partial charge in [-0.25, -0.2) is 0 Å². The molecule has 1 unspecified atom stereocenters. The summed E-state index contributed by atoms with van der Waals surface area (Å²) in [6.07, 6.45) is 3.23. The summed E-state index contributed by atoms with van der Waals surface area (Å²) in [5.74, 6) is 0.0109. The van der Waals surface area contributed by atoms with Gasteiger partial charge in [-0.2, -0.15) is 0 Å². The number of carboxylic acids is 1. The van der Waals surface area contributed by atoms with E-state index in [0.29, 0.717) is 12.8 Å². The van der Waals surface area contributed by atoms with Crippen molar-refractivity contribution < 1.29 is 14.4 Å². The van der Waals surface area contributed by atoms with Crippen LogP contribution < -0.4 is 0 Å². The van der Waals surface area contributed by atoms with Crippen LogP contribution in [0, 0.1) is 0 Å². The Morgan fingerprint density at radius 1 is 1.13 bits per heavy atom. The summed E-state index contributed by atoms with van der Waals surface area (Å²) in [4.78, 5) is 13.4. The highest BCUT2D eigenvalue weighted by molar-refractivity contribution is 5.85. The van der Waals surface area contributed by atoms with Crippen molar-refractivity contribution in [3.05, 3.63) is 78.2 Å². The van der Waals surface area contributed by atoms with Crippen molar-refractivity contribution in [3.8, 4) is 11.3 Å². The number of aliphatic carboxylic acids is 1. The Kier molecular flexibility index (Phi) is 5.68. The summed E-state index contributed by atoms with van der Waals surface area (Å²) in [5, 5.41) is 14.8. The average Bonchev–Trinajstić information content (AvgIpc) is 3.36. The Morgan fingerprint density at radius 3 is 2.60 bits per heavy atom. The molecule has 0 aliphatic rings. The molecule has 6 nitrogen and oxygen atoms in total. The fourth-order valence-corrected chi connectivity index (χ4v) is 3.78. The molecule has 0 radical (unpaired) electrons. The van der Waals surface area contributed by atoms with Gasteiger partial charge in [-0.1, -0.05) is 53.7 Å². The quantitative estimate of drug-likeness (QED) is 0.480. The number of para-hydroxylation sites is 1. The van der Waals surface area contributed by atoms with E-state index >= 15 is 0 Å². The smallest absolute Gasteiger partial charge is 0.321 e. The molecule has 2 aromatic carbocycles. The number of nitrogens with zero attached hydrogens (tertiary/aromatic N) is 3. The second kappa shape index (κ2) is 8.55. The third-order valence-corrected chi connectivity index (χ3v) is 5.42. The molecule has 2 heterocycles. The number of hydrogen-bond acceptors (Lipinski definition) is 4. The standard InChI is InChI=1S/C24H25N3O3/c1-26(2)23(24(28)29)14-18-16-27(22-11-7-6-10-20(18)22)13-12-19-15-21(25-30-19)17-8-4-3-5-9-17/h3-11,15-16,23H,12-14H2,1-2H3,(H,28,29). The zero-order valence-electron chi connectivity index (χ0n) is 17.2. The van der Waals surface area contributed by atoms with Crippen LogP contribution >= 0.6 is 0 Å². The first-order valence-electron chi connectivity index (χ1n) is 10.00. The number of likely N-dealkylation sites (N-methyl/N-ethyl adjacent to an activating group) is 1. The summed E-state index contributed by atoms with van der Waals surface area (Å²) in [6.45, 7) is 0.726. The molecule has 0 spiro atoms. The zero-order valence-corrected chi connectivity index (χ0v) is 17.2. The molecular formula is C24H25N3O3. The second-order valence-electron chi connectivity index (χ2n) is 7.68. The fourth-order valence-electron chi connectivity index (χ4n) is 3.78. The minimum absolute atomic E-state index is 0.455. The van der Waals surface area contributed by atoms with E-state index < -0.39 is 12.0 Å². The number of aromatic nitrogens is 2. The van der Waals surface area contributed by atoms with Gasteiger partial charge in [0, 0.05) is 48.1 Å². The first kappa shape index (κ1) is 19.9. The summed E-state index contributed by atoms with van der Waals surface area (Å²) in [6, 6.07) is 19.5. The van der Waals surface area contributed by atoms with Crippen molar-refractivity contribution in [1.29, 1.82) is 0 Å². The number of rotatable bonds is 8. The molecule has 0 aliphatic carbocycles. The van der Waals surface area contributed by atoms with Crippen LogP contribution in [0.5, 0.6) is 0 Å². The van der Waals surface area contributed by atoms with E-state index in [4.69, 9.17) is 4.52 Å². The van der Waals surface area contributed by atoms with Crippen LogP contribution in [0.25, 0.3) is 22.2 Å². The third kappa shape index (κ3) is 4.14. The van der Waals surface area contributed by atoms with Gasteiger partial charge in [0.1, 0.15) is 17.5 Å². The fraction of sp³-hybridized carbons (Fsp3) is 0.250. The number of aryl methyl sites for hydroxylation is 2. The molecule has 0 saturated carbocycles. The van der Waals surface area contributed by atoms with Crippen LogP contribution in [0.2, 0.25) is 0 Å². The molecular weight excluding hydrogens is 378 g/mol. The molecule has 0 aliphatic heterocycles. The Hall–Kier alpha value is -3.38. The van der Waals surface area contributed by atoms with E-state index in [0.717, 1.165) is 40.0 Å². The van der Waals surface area contributed by atoms with Gasteiger partial charge in [0.2, 0.25) is 0 Å². The van der Waals surface area contributed by atoms with E-state index in [1.807, 2.05) is 48.5 Å². The molecule has 2 aromatic heterocycles. The van der Waals surface area contributed by atoms with Crippen LogP contribution in [0.15, 0.2) is 71.4 Å². The molecule has 1 atom stereocenters. The van der Waals surface area contributed by atoms with Crippen LogP contribution in [0.4, 0.5) is 0 Å². The van der Waals surface area contributed by atoms with Gasteiger partial charge < -0.3 is 14.2 Å². The molecule has 0 saturated heterocycles. The third-order valence-electron chi connectivity index (χ3n) is 5.42. The highest BCUT2D eigenvalue weighted by Crippen LogP contribution is 2.25. The SMILES string of the molecule is CN(C)C(Cc1cn(CCc2cc(-c3ccccc3)no2)c2ccccc12)C(=O)O. The minimum atomic E-state index is -0.813. The molecule has 4 aromatic rings. The Bertz CT molecular complexity index is 1140. The van der Waals surface area contributed by atoms with Crippen molar-refractivity contribution in [2.24, 2.45) is 0 Å². The molecule has 4 rings (SSSR count). The lowest BCUT2D eigenvalue weighted by Gasteiger charge is -2.19. The highest BCUT2D eigenvalue weighted by atomic mass is 16.5. The number of benzene rings is 2. The summed E-state index contributed by atoms with van der Waals surface area (Å²) in [5.41, 5.74) is 4.00. The van der Waals surface area contributed by atoms with Crippen molar-refractivity contribution in [2.45, 2.75) is 25.4 Å². The van der Waals surface area contributed by atoms with Gasteiger partial charge >= 0.3 is 5.97 Å². The van der Waals surface area contributed by atoms with E-state index in [2.05, 4.69) is 28.1 Å². The van der Waals surface area contributed by atoms with Gasteiger partial charge in [-0.15, -0.1) is 0 Å². The number of hydrogen-bond donors (Lipinski definition) is 1. The number of carbonyl (C=O) groups is 1. The lowest BCUT2D eigenvalue weighted by molar-refractivity contribution is -0.142. The van der Waals surface area contributed by atoms with Crippen molar-refractivity contribution in [2.75, 3.05) is 14.1 Å². The largest absolute Gasteiger partial charge is 0.480 e. The maximum atomic E-state index is 11.7. The summed E-state index contributed by atoms with van der Waals surface area (Å²) >= 11 is 0. The van der Waals surface area contributed by atoms with Crippen molar-refractivity contribution in [1.82, 2.24) is 14.6 Å². The van der Waals surface area contributed by atoms with E-state index in [-0.39, 0.29) is 0 Å². The molecule has 0 fully saturated rings. The normalized spacial score (nSPS) is 12.5. The topological polar surface area (TPSA) is 71.5 Å². The van der Waals surface area contributed by atoms with E-state index in [9.17, 15) is 9.90 Å². The van der Waals surface area contributed by atoms with Crippen LogP contribution in [0.3, 0.4) is 0 Å². The molecule has 30 heavy (non-hydrogen) atoms. The molecule has 6 heteroatoms. The molecule has 0 bridgehead atoms. The van der Waals surface area contributed by atoms with E-state index in [1.54, 1.807) is 19.0 Å². The van der Waals surface area contributed by atoms with Crippen LogP contribution in [-0.4, -0.2) is 45.8 Å². The average molecular weight is 403 g/mol. The monoisotopic (exact) mass is 403 g/mol. The lowest BCUT2D eigenvalue weighted by atomic mass is 10.0. The van der Waals surface area contributed by atoms with Crippen LogP contribution in [-0.2, 0) is 24.2 Å². The number of carboxylic acid groups (broad SMARTS) is 1. The highest BCUT2D eigenvalue weighted by Gasteiger charge is 2.22. The first-order chi connectivity index (χ1) is 14.5. The minimum Gasteiger partial charge on any atom is -0.480 e. The van der Waals surface area contributed by atoms with Crippen molar-refractivity contribution in [3.63, 3.8) is 0 Å². The Balaban J connectivity index is 1.55. The van der Waals surface area contributed by atoms with Gasteiger partial charge in [0.15, 0.2) is 0 Å². The summed E-state index contributed by atoms with van der Waals surface area (Å²) in [7, 11) is 3.60. The Morgan fingerprint density at radius 2 is 1.87 bits per heavy atom. The number of fused-ring (bicyclic) bond motifs is 1. The molecule has 1 N–H and O–H groups in total. The second-order valence-corrected chi connectivity index (χ2v) is 7.68. The molecule has 154 valence electrons. The van der Waals surface area contributed by atoms with Crippen LogP contribution in [0.1, 0.15) is 11.3 Å². The predicted molar refractivity (Wildman–Crippen MR) is 116 cm³/mol. The van der Waals surface area contributed by atoms with Crippen molar-refractivity contribution >= 4 is 16.9 Å². The van der Waals surface area contributed by atoms with Gasteiger partial charge in [0.05, 0.1) is 0 Å².